The molecule has 0 unspecified atom stereocenters. The molecule has 6 nitrogen and oxygen atoms in total. The number of rotatable bonds is 8. The van der Waals surface area contributed by atoms with Gasteiger partial charge in [0.25, 0.3) is 0 Å². The van der Waals surface area contributed by atoms with Gasteiger partial charge in [0.15, 0.2) is 0 Å². The Balaban J connectivity index is 1.72. The van der Waals surface area contributed by atoms with Crippen molar-refractivity contribution < 1.29 is 19.4 Å². The molecule has 2 saturated carbocycles. The summed E-state index contributed by atoms with van der Waals surface area (Å²) in [5.74, 6) is 1.14. The monoisotopic (exact) mass is 486 g/mol. The Morgan fingerprint density at radius 3 is 2.31 bits per heavy atom. The molecule has 1 aromatic carbocycles. The summed E-state index contributed by atoms with van der Waals surface area (Å²) in [5, 5.41) is 17.4. The number of amides is 2. The third-order valence-electron chi connectivity index (χ3n) is 8.33. The Morgan fingerprint density at radius 1 is 1.06 bits per heavy atom. The molecule has 3 N–H and O–H groups in total. The van der Waals surface area contributed by atoms with E-state index in [1.165, 1.54) is 0 Å². The minimum absolute atomic E-state index is 0.0165. The van der Waals surface area contributed by atoms with E-state index in [1.54, 1.807) is 7.11 Å². The molecule has 0 aliphatic heterocycles. The number of carbonyl (C=O) groups is 2. The number of fused-ring (bicyclic) bond motifs is 1. The maximum Gasteiger partial charge on any atom is 0.220 e. The fourth-order valence-electron chi connectivity index (χ4n) is 6.54. The predicted molar refractivity (Wildman–Crippen MR) is 139 cm³/mol. The lowest BCUT2D eigenvalue weighted by atomic mass is 9.57. The maximum atomic E-state index is 13.0. The van der Waals surface area contributed by atoms with Gasteiger partial charge in [0, 0.05) is 25.4 Å². The van der Waals surface area contributed by atoms with Crippen LogP contribution in [0.25, 0.3) is 0 Å². The standard InChI is InChI=1S/C29H46N2O4/c1-26(2,3)18-25(33)31-23-17-27(4,5)22-16-28(6,34)14-15-29(22,23)13-12-24(32)30-19-20-8-10-21(35-7)11-9-20/h8-11,22-23,34H,12-19H2,1-7H3,(H,30,32)(H,31,33)/t22-,23-,28+,29+/m0/s1. The number of ether oxygens (including phenoxy) is 1. The summed E-state index contributed by atoms with van der Waals surface area (Å²) >= 11 is 0. The van der Waals surface area contributed by atoms with Crippen molar-refractivity contribution in [1.29, 1.82) is 0 Å². The van der Waals surface area contributed by atoms with E-state index in [1.807, 2.05) is 31.2 Å². The van der Waals surface area contributed by atoms with Crippen LogP contribution in [0.3, 0.4) is 0 Å². The number of carbonyl (C=O) groups excluding carboxylic acids is 2. The summed E-state index contributed by atoms with van der Waals surface area (Å²) in [6.45, 7) is 13.2. The van der Waals surface area contributed by atoms with Crippen molar-refractivity contribution in [3.8, 4) is 5.75 Å². The van der Waals surface area contributed by atoms with Crippen LogP contribution in [0, 0.1) is 22.2 Å². The lowest BCUT2D eigenvalue weighted by molar-refractivity contribution is -0.126. The summed E-state index contributed by atoms with van der Waals surface area (Å²) in [6.07, 6.45) is 4.70. The van der Waals surface area contributed by atoms with Crippen LogP contribution in [-0.4, -0.2) is 35.7 Å². The van der Waals surface area contributed by atoms with Gasteiger partial charge in [-0.3, -0.25) is 9.59 Å². The molecule has 1 aromatic rings. The molecule has 2 aliphatic rings. The molecule has 4 atom stereocenters. The van der Waals surface area contributed by atoms with Crippen LogP contribution < -0.4 is 15.4 Å². The SMILES string of the molecule is COc1ccc(CNC(=O)CC[C@@]23CC[C@@](C)(O)C[C@H]2C(C)(C)C[C@@H]3NC(=O)CC(C)(C)C)cc1. The molecule has 2 fully saturated rings. The fraction of sp³-hybridized carbons (Fsp3) is 0.724. The van der Waals surface area contributed by atoms with Crippen LogP contribution in [0.2, 0.25) is 0 Å². The molecular weight excluding hydrogens is 440 g/mol. The first-order valence-electron chi connectivity index (χ1n) is 13.1. The number of aliphatic hydroxyl groups is 1. The fourth-order valence-corrected chi connectivity index (χ4v) is 6.54. The third kappa shape index (κ3) is 6.78. The normalized spacial score (nSPS) is 29.8. The van der Waals surface area contributed by atoms with Gasteiger partial charge < -0.3 is 20.5 Å². The highest BCUT2D eigenvalue weighted by molar-refractivity contribution is 5.77. The van der Waals surface area contributed by atoms with Gasteiger partial charge in [-0.2, -0.15) is 0 Å². The highest BCUT2D eigenvalue weighted by Crippen LogP contribution is 2.63. The Kier molecular flexibility index (Phi) is 7.95. The molecule has 2 aliphatic carbocycles. The summed E-state index contributed by atoms with van der Waals surface area (Å²) in [5.41, 5.74) is 0.0352. The number of hydrogen-bond donors (Lipinski definition) is 3. The average Bonchev–Trinajstić information content (AvgIpc) is 2.95. The molecule has 0 heterocycles. The van der Waals surface area contributed by atoms with Gasteiger partial charge in [-0.25, -0.2) is 0 Å². The van der Waals surface area contributed by atoms with E-state index in [-0.39, 0.29) is 40.0 Å². The van der Waals surface area contributed by atoms with Crippen LogP contribution in [0.1, 0.15) is 92.1 Å². The van der Waals surface area contributed by atoms with Crippen molar-refractivity contribution in [3.63, 3.8) is 0 Å². The smallest absolute Gasteiger partial charge is 0.220 e. The Hall–Kier alpha value is -2.08. The van der Waals surface area contributed by atoms with E-state index in [4.69, 9.17) is 4.74 Å². The zero-order chi connectivity index (χ0) is 26.1. The molecule has 3 rings (SSSR count). The molecule has 2 amide bonds. The largest absolute Gasteiger partial charge is 0.497 e. The Bertz CT molecular complexity index is 900. The van der Waals surface area contributed by atoms with Gasteiger partial charge in [0.05, 0.1) is 12.7 Å². The molecule has 0 aromatic heterocycles. The van der Waals surface area contributed by atoms with Crippen LogP contribution in [-0.2, 0) is 16.1 Å². The van der Waals surface area contributed by atoms with Crippen molar-refractivity contribution in [2.24, 2.45) is 22.2 Å². The van der Waals surface area contributed by atoms with Crippen molar-refractivity contribution in [1.82, 2.24) is 10.6 Å². The van der Waals surface area contributed by atoms with E-state index in [0.29, 0.717) is 38.6 Å². The molecule has 0 saturated heterocycles. The van der Waals surface area contributed by atoms with Gasteiger partial charge in [0.2, 0.25) is 11.8 Å². The second-order valence-corrected chi connectivity index (χ2v) is 13.2. The predicted octanol–water partition coefficient (Wildman–Crippen LogP) is 4.98. The zero-order valence-electron chi connectivity index (χ0n) is 22.8. The molecule has 6 heteroatoms. The topological polar surface area (TPSA) is 87.7 Å². The van der Waals surface area contributed by atoms with E-state index < -0.39 is 5.60 Å². The van der Waals surface area contributed by atoms with Gasteiger partial charge in [-0.1, -0.05) is 46.8 Å². The molecule has 196 valence electrons. The van der Waals surface area contributed by atoms with Gasteiger partial charge in [-0.05, 0) is 78.9 Å². The van der Waals surface area contributed by atoms with E-state index in [2.05, 4.69) is 45.3 Å². The van der Waals surface area contributed by atoms with Crippen molar-refractivity contribution in [2.75, 3.05) is 7.11 Å². The van der Waals surface area contributed by atoms with Crippen LogP contribution in [0.5, 0.6) is 5.75 Å². The lowest BCUT2D eigenvalue weighted by Gasteiger charge is -2.51. The zero-order valence-corrected chi connectivity index (χ0v) is 22.8. The van der Waals surface area contributed by atoms with Crippen LogP contribution in [0.4, 0.5) is 0 Å². The first-order valence-corrected chi connectivity index (χ1v) is 13.1. The highest BCUT2D eigenvalue weighted by atomic mass is 16.5. The third-order valence-corrected chi connectivity index (χ3v) is 8.33. The molecule has 35 heavy (non-hydrogen) atoms. The summed E-state index contributed by atoms with van der Waals surface area (Å²) in [6, 6.07) is 7.71. The van der Waals surface area contributed by atoms with Crippen molar-refractivity contribution >= 4 is 11.8 Å². The number of benzene rings is 1. The first kappa shape index (κ1) is 27.5. The van der Waals surface area contributed by atoms with Crippen LogP contribution in [0.15, 0.2) is 24.3 Å². The van der Waals surface area contributed by atoms with E-state index >= 15 is 0 Å². The van der Waals surface area contributed by atoms with Crippen LogP contribution >= 0.6 is 0 Å². The summed E-state index contributed by atoms with van der Waals surface area (Å²) in [4.78, 5) is 25.9. The highest BCUT2D eigenvalue weighted by Gasteiger charge is 2.61. The Labute approximate surface area is 211 Å². The second-order valence-electron chi connectivity index (χ2n) is 13.2. The number of hydrogen-bond acceptors (Lipinski definition) is 4. The van der Waals surface area contributed by atoms with E-state index in [0.717, 1.165) is 24.2 Å². The molecule has 0 bridgehead atoms. The summed E-state index contributed by atoms with van der Waals surface area (Å²) in [7, 11) is 1.64. The average molecular weight is 487 g/mol. The van der Waals surface area contributed by atoms with Crippen molar-refractivity contribution in [2.45, 2.75) is 105 Å². The maximum absolute atomic E-state index is 13.0. The minimum atomic E-state index is -0.702. The Morgan fingerprint density at radius 2 is 1.71 bits per heavy atom. The molecule has 0 spiro atoms. The van der Waals surface area contributed by atoms with E-state index in [9.17, 15) is 14.7 Å². The van der Waals surface area contributed by atoms with Gasteiger partial charge >= 0.3 is 0 Å². The van der Waals surface area contributed by atoms with Crippen molar-refractivity contribution in [3.05, 3.63) is 29.8 Å². The second kappa shape index (κ2) is 10.1. The lowest BCUT2D eigenvalue weighted by Crippen LogP contribution is -2.53. The summed E-state index contributed by atoms with van der Waals surface area (Å²) < 4.78 is 5.20. The van der Waals surface area contributed by atoms with Gasteiger partial charge in [-0.15, -0.1) is 0 Å². The number of nitrogens with one attached hydrogen (secondary N) is 2. The molecular formula is C29H46N2O4. The molecule has 0 radical (unpaired) electrons. The first-order chi connectivity index (χ1) is 16.2. The van der Waals surface area contributed by atoms with Gasteiger partial charge in [0.1, 0.15) is 5.75 Å². The quantitative estimate of drug-likeness (QED) is 0.484. The number of methoxy groups -OCH3 is 1. The minimum Gasteiger partial charge on any atom is -0.497 e.